The Morgan fingerprint density at radius 3 is 3.05 bits per heavy atom. The predicted molar refractivity (Wildman–Crippen MR) is 75.5 cm³/mol. The summed E-state index contributed by atoms with van der Waals surface area (Å²) in [6, 6.07) is 5.56. The zero-order chi connectivity index (χ0) is 14.5. The van der Waals surface area contributed by atoms with E-state index < -0.39 is 0 Å². The minimum absolute atomic E-state index is 0.0929. The number of hydrogen-bond donors (Lipinski definition) is 2. The van der Waals surface area contributed by atoms with Crippen LogP contribution in [0.5, 0.6) is 0 Å². The summed E-state index contributed by atoms with van der Waals surface area (Å²) in [5, 5.41) is 6.62. The van der Waals surface area contributed by atoms with Crippen molar-refractivity contribution in [3.05, 3.63) is 34.3 Å². The molecule has 0 saturated carbocycles. The van der Waals surface area contributed by atoms with E-state index >= 15 is 0 Å². The Morgan fingerprint density at radius 1 is 1.50 bits per heavy atom. The van der Waals surface area contributed by atoms with Gasteiger partial charge in [-0.3, -0.25) is 9.59 Å². The van der Waals surface area contributed by atoms with Gasteiger partial charge >= 0.3 is 5.97 Å². The number of methoxy groups -OCH3 is 1. The third-order valence-electron chi connectivity index (χ3n) is 3.32. The van der Waals surface area contributed by atoms with Crippen LogP contribution in [0.15, 0.2) is 18.2 Å². The first-order chi connectivity index (χ1) is 9.61. The maximum Gasteiger partial charge on any atom is 0.307 e. The molecule has 2 N–H and O–H groups in total. The highest BCUT2D eigenvalue weighted by molar-refractivity contribution is 6.30. The first kappa shape index (κ1) is 14.8. The molecule has 1 aromatic carbocycles. The monoisotopic (exact) mass is 296 g/mol. The summed E-state index contributed by atoms with van der Waals surface area (Å²) in [5.41, 5.74) is 2.03. The minimum Gasteiger partial charge on any atom is -0.469 e. The summed E-state index contributed by atoms with van der Waals surface area (Å²) in [6.07, 6.45) is 0.176. The molecule has 1 aliphatic rings. The fourth-order valence-electron chi connectivity index (χ4n) is 2.28. The number of halogens is 1. The summed E-state index contributed by atoms with van der Waals surface area (Å²) >= 11 is 5.96. The van der Waals surface area contributed by atoms with Crippen LogP contribution >= 0.6 is 11.6 Å². The highest BCUT2D eigenvalue weighted by Gasteiger charge is 2.26. The van der Waals surface area contributed by atoms with E-state index in [4.69, 9.17) is 11.6 Å². The van der Waals surface area contributed by atoms with Crippen molar-refractivity contribution in [3.63, 3.8) is 0 Å². The van der Waals surface area contributed by atoms with E-state index in [-0.39, 0.29) is 30.8 Å². The SMILES string of the molecule is COC(=O)CCNC(=O)C1CNCc2cc(Cl)ccc21. The second-order valence-corrected chi connectivity index (χ2v) is 5.08. The first-order valence-electron chi connectivity index (χ1n) is 6.45. The minimum atomic E-state index is -0.334. The van der Waals surface area contributed by atoms with Gasteiger partial charge in [-0.1, -0.05) is 17.7 Å². The van der Waals surface area contributed by atoms with Crippen LogP contribution < -0.4 is 10.6 Å². The zero-order valence-corrected chi connectivity index (χ0v) is 12.0. The average molecular weight is 297 g/mol. The molecule has 5 nitrogen and oxygen atoms in total. The molecule has 0 radical (unpaired) electrons. The maximum absolute atomic E-state index is 12.2. The molecule has 0 saturated heterocycles. The molecule has 0 aliphatic carbocycles. The number of carbonyl (C=O) groups excluding carboxylic acids is 2. The van der Waals surface area contributed by atoms with E-state index in [0.717, 1.165) is 11.1 Å². The number of fused-ring (bicyclic) bond motifs is 1. The summed E-state index contributed by atoms with van der Waals surface area (Å²) in [6.45, 7) is 1.57. The molecule has 108 valence electrons. The largest absolute Gasteiger partial charge is 0.469 e. The average Bonchev–Trinajstić information content (AvgIpc) is 2.45. The third-order valence-corrected chi connectivity index (χ3v) is 3.55. The second-order valence-electron chi connectivity index (χ2n) is 4.64. The van der Waals surface area contributed by atoms with Crippen molar-refractivity contribution in [1.82, 2.24) is 10.6 Å². The van der Waals surface area contributed by atoms with Crippen LogP contribution in [-0.4, -0.2) is 32.1 Å². The second kappa shape index (κ2) is 6.72. The number of hydrogen-bond acceptors (Lipinski definition) is 4. The van der Waals surface area contributed by atoms with Gasteiger partial charge in [0.1, 0.15) is 0 Å². The lowest BCUT2D eigenvalue weighted by molar-refractivity contribution is -0.140. The molecule has 2 rings (SSSR count). The number of nitrogens with one attached hydrogen (secondary N) is 2. The Labute approximate surface area is 122 Å². The zero-order valence-electron chi connectivity index (χ0n) is 11.2. The maximum atomic E-state index is 12.2. The molecule has 1 aromatic rings. The predicted octanol–water partition coefficient (Wildman–Crippen LogP) is 1.21. The van der Waals surface area contributed by atoms with E-state index in [1.807, 2.05) is 12.1 Å². The summed E-state index contributed by atoms with van der Waals surface area (Å²) in [5.74, 6) is -0.683. The molecule has 6 heteroatoms. The summed E-state index contributed by atoms with van der Waals surface area (Å²) < 4.78 is 4.53. The lowest BCUT2D eigenvalue weighted by Crippen LogP contribution is -2.39. The van der Waals surface area contributed by atoms with Gasteiger partial charge in [-0.15, -0.1) is 0 Å². The van der Waals surface area contributed by atoms with Gasteiger partial charge in [0.15, 0.2) is 0 Å². The van der Waals surface area contributed by atoms with Gasteiger partial charge in [0.05, 0.1) is 19.4 Å². The summed E-state index contributed by atoms with van der Waals surface area (Å²) in [4.78, 5) is 23.2. The molecule has 1 heterocycles. The number of benzene rings is 1. The van der Waals surface area contributed by atoms with Crippen molar-refractivity contribution < 1.29 is 14.3 Å². The molecule has 1 atom stereocenters. The normalized spacial score (nSPS) is 17.2. The quantitative estimate of drug-likeness (QED) is 0.820. The highest BCUT2D eigenvalue weighted by Crippen LogP contribution is 2.26. The Hall–Kier alpha value is -1.59. The first-order valence-corrected chi connectivity index (χ1v) is 6.83. The van der Waals surface area contributed by atoms with Gasteiger partial charge < -0.3 is 15.4 Å². The molecule has 1 amide bonds. The van der Waals surface area contributed by atoms with Crippen molar-refractivity contribution in [2.24, 2.45) is 0 Å². The Balaban J connectivity index is 2.00. The molecule has 1 aliphatic heterocycles. The number of ether oxygens (including phenoxy) is 1. The molecule has 0 spiro atoms. The van der Waals surface area contributed by atoms with Crippen molar-refractivity contribution >= 4 is 23.5 Å². The fourth-order valence-corrected chi connectivity index (χ4v) is 2.47. The molecule has 20 heavy (non-hydrogen) atoms. The lowest BCUT2D eigenvalue weighted by atomic mass is 9.90. The molecular formula is C14H17ClN2O3. The van der Waals surface area contributed by atoms with E-state index in [9.17, 15) is 9.59 Å². The van der Waals surface area contributed by atoms with Crippen LogP contribution in [0.4, 0.5) is 0 Å². The number of amides is 1. The van der Waals surface area contributed by atoms with Crippen LogP contribution in [0.3, 0.4) is 0 Å². The molecule has 0 bridgehead atoms. The van der Waals surface area contributed by atoms with Crippen molar-refractivity contribution in [3.8, 4) is 0 Å². The molecular weight excluding hydrogens is 280 g/mol. The van der Waals surface area contributed by atoms with Gasteiger partial charge in [0.25, 0.3) is 0 Å². The van der Waals surface area contributed by atoms with Crippen LogP contribution in [0.1, 0.15) is 23.5 Å². The Kier molecular flexibility index (Phi) is 4.98. The van der Waals surface area contributed by atoms with Crippen LogP contribution in [-0.2, 0) is 20.9 Å². The van der Waals surface area contributed by atoms with Crippen molar-refractivity contribution in [2.75, 3.05) is 20.2 Å². The van der Waals surface area contributed by atoms with E-state index in [1.165, 1.54) is 7.11 Å². The number of esters is 1. The smallest absolute Gasteiger partial charge is 0.307 e. The van der Waals surface area contributed by atoms with Crippen LogP contribution in [0, 0.1) is 0 Å². The molecule has 0 fully saturated rings. The van der Waals surface area contributed by atoms with Gasteiger partial charge in [-0.2, -0.15) is 0 Å². The van der Waals surface area contributed by atoms with Crippen LogP contribution in [0.2, 0.25) is 5.02 Å². The van der Waals surface area contributed by atoms with Gasteiger partial charge in [-0.25, -0.2) is 0 Å². The third kappa shape index (κ3) is 3.49. The lowest BCUT2D eigenvalue weighted by Gasteiger charge is -2.25. The van der Waals surface area contributed by atoms with Crippen molar-refractivity contribution in [1.29, 1.82) is 0 Å². The number of rotatable bonds is 4. The summed E-state index contributed by atoms with van der Waals surface area (Å²) in [7, 11) is 1.33. The van der Waals surface area contributed by atoms with E-state index in [2.05, 4.69) is 15.4 Å². The van der Waals surface area contributed by atoms with E-state index in [1.54, 1.807) is 6.07 Å². The van der Waals surface area contributed by atoms with E-state index in [0.29, 0.717) is 18.1 Å². The Bertz CT molecular complexity index is 519. The van der Waals surface area contributed by atoms with Gasteiger partial charge in [0, 0.05) is 24.7 Å². The van der Waals surface area contributed by atoms with Gasteiger partial charge in [-0.05, 0) is 23.3 Å². The highest BCUT2D eigenvalue weighted by atomic mass is 35.5. The van der Waals surface area contributed by atoms with Crippen LogP contribution in [0.25, 0.3) is 0 Å². The topological polar surface area (TPSA) is 67.4 Å². The standard InChI is InChI=1S/C14H17ClN2O3/c1-20-13(18)4-5-17-14(19)12-8-16-7-9-6-10(15)2-3-11(9)12/h2-3,6,12,16H,4-5,7-8H2,1H3,(H,17,19). The Morgan fingerprint density at radius 2 is 2.30 bits per heavy atom. The molecule has 0 aromatic heterocycles. The van der Waals surface area contributed by atoms with Gasteiger partial charge in [0.2, 0.25) is 5.91 Å². The molecule has 1 unspecified atom stereocenters. The fraction of sp³-hybridized carbons (Fsp3) is 0.429. The number of carbonyl (C=O) groups is 2. The van der Waals surface area contributed by atoms with Crippen molar-refractivity contribution in [2.45, 2.75) is 18.9 Å².